The van der Waals surface area contributed by atoms with Gasteiger partial charge in [-0.15, -0.1) is 0 Å². The summed E-state index contributed by atoms with van der Waals surface area (Å²) < 4.78 is 16.3. The summed E-state index contributed by atoms with van der Waals surface area (Å²) in [6.07, 6.45) is 7.27. The molecule has 0 unspecified atom stereocenters. The van der Waals surface area contributed by atoms with Crippen LogP contribution < -0.4 is 4.74 Å². The van der Waals surface area contributed by atoms with Gasteiger partial charge in [-0.2, -0.15) is 0 Å². The van der Waals surface area contributed by atoms with E-state index in [1.165, 1.54) is 19.3 Å². The average Bonchev–Trinajstić information content (AvgIpc) is 2.76. The molecule has 3 rings (SSSR count). The minimum absolute atomic E-state index is 0.0678. The van der Waals surface area contributed by atoms with Crippen molar-refractivity contribution in [2.75, 3.05) is 7.11 Å². The molecule has 0 radical (unpaired) electrons. The molecule has 0 aromatic heterocycles. The van der Waals surface area contributed by atoms with Gasteiger partial charge in [0, 0.05) is 41.7 Å². The predicted octanol–water partition coefficient (Wildman–Crippen LogP) is 5.72. The number of Topliss-reactive ketones (excluding diaryl/α,β-unsaturated/α-hetero) is 2. The summed E-state index contributed by atoms with van der Waals surface area (Å²) in [6.45, 7) is 10.7. The largest absolute Gasteiger partial charge is 0.496 e. The quantitative estimate of drug-likeness (QED) is 0.362. The molecular weight excluding hydrogens is 484 g/mol. The number of hydrogen-bond donors (Lipinski definition) is 0. The standard InChI is InChI=1S/C31H36O7/c1-30(2,3)37-27(34)17-19-11-13-21(24(32)15-19)22-9-8-10-26(36-7)29(22)23-14-12-20(16-25(23)33)18-28(35)38-31(4,5)6/h8-10,13-14,17-18H,11-12,15-16H2,1-7H3. The minimum Gasteiger partial charge on any atom is -0.496 e. The Morgan fingerprint density at radius 3 is 1.66 bits per heavy atom. The molecule has 0 amide bonds. The van der Waals surface area contributed by atoms with Crippen molar-refractivity contribution in [2.45, 2.75) is 78.4 Å². The van der Waals surface area contributed by atoms with Crippen LogP contribution in [0.1, 0.15) is 78.4 Å². The second-order valence-electron chi connectivity index (χ2n) is 11.4. The molecule has 0 fully saturated rings. The zero-order valence-electron chi connectivity index (χ0n) is 23.2. The molecule has 0 heterocycles. The van der Waals surface area contributed by atoms with Crippen molar-refractivity contribution >= 4 is 34.7 Å². The first kappa shape index (κ1) is 28.8. The van der Waals surface area contributed by atoms with E-state index >= 15 is 0 Å². The smallest absolute Gasteiger partial charge is 0.331 e. The molecule has 0 saturated heterocycles. The van der Waals surface area contributed by atoms with Crippen LogP contribution in [0.4, 0.5) is 0 Å². The summed E-state index contributed by atoms with van der Waals surface area (Å²) >= 11 is 0. The summed E-state index contributed by atoms with van der Waals surface area (Å²) in [5.41, 5.74) is 2.16. The van der Waals surface area contributed by atoms with Gasteiger partial charge in [0.15, 0.2) is 11.6 Å². The molecule has 7 heteroatoms. The molecule has 1 aromatic rings. The van der Waals surface area contributed by atoms with Crippen LogP contribution in [-0.4, -0.2) is 41.8 Å². The van der Waals surface area contributed by atoms with Gasteiger partial charge in [-0.3, -0.25) is 9.59 Å². The average molecular weight is 521 g/mol. The minimum atomic E-state index is -0.623. The number of ether oxygens (including phenoxy) is 3. The Balaban J connectivity index is 1.93. The SMILES string of the molecule is COc1cccc(C2=CCC(=CC(=O)OC(C)(C)C)CC2=O)c1C1=CCC(=CC(=O)OC(C)(C)C)CC1=O. The lowest BCUT2D eigenvalue weighted by Gasteiger charge is -2.23. The number of carbonyl (C=O) groups excluding carboxylic acids is 4. The fraction of sp³-hybridized carbons (Fsp3) is 0.419. The van der Waals surface area contributed by atoms with E-state index in [1.54, 1.807) is 71.9 Å². The van der Waals surface area contributed by atoms with Crippen molar-refractivity contribution in [3.8, 4) is 5.75 Å². The molecule has 1 aromatic carbocycles. The first-order valence-electron chi connectivity index (χ1n) is 12.7. The summed E-state index contributed by atoms with van der Waals surface area (Å²) in [7, 11) is 1.52. The number of methoxy groups -OCH3 is 1. The Morgan fingerprint density at radius 2 is 1.24 bits per heavy atom. The van der Waals surface area contributed by atoms with Gasteiger partial charge in [0.2, 0.25) is 0 Å². The lowest BCUT2D eigenvalue weighted by Crippen LogP contribution is -2.23. The monoisotopic (exact) mass is 520 g/mol. The van der Waals surface area contributed by atoms with E-state index < -0.39 is 23.1 Å². The van der Waals surface area contributed by atoms with Crippen LogP contribution >= 0.6 is 0 Å². The molecule has 0 atom stereocenters. The Morgan fingerprint density at radius 1 is 0.763 bits per heavy atom. The number of hydrogen-bond acceptors (Lipinski definition) is 7. The Hall–Kier alpha value is -3.74. The number of ketones is 2. The van der Waals surface area contributed by atoms with Gasteiger partial charge >= 0.3 is 11.9 Å². The highest BCUT2D eigenvalue weighted by molar-refractivity contribution is 6.28. The Bertz CT molecular complexity index is 1270. The predicted molar refractivity (Wildman–Crippen MR) is 145 cm³/mol. The van der Waals surface area contributed by atoms with Crippen LogP contribution in [0.5, 0.6) is 5.75 Å². The van der Waals surface area contributed by atoms with Crippen LogP contribution in [0.3, 0.4) is 0 Å². The van der Waals surface area contributed by atoms with Gasteiger partial charge in [0.1, 0.15) is 17.0 Å². The van der Waals surface area contributed by atoms with Crippen molar-refractivity contribution in [1.82, 2.24) is 0 Å². The van der Waals surface area contributed by atoms with E-state index in [1.807, 2.05) is 0 Å². The highest BCUT2D eigenvalue weighted by Crippen LogP contribution is 2.40. The van der Waals surface area contributed by atoms with E-state index in [0.29, 0.717) is 52.0 Å². The topological polar surface area (TPSA) is 96.0 Å². The number of esters is 2. The number of benzene rings is 1. The number of rotatable bonds is 5. The maximum atomic E-state index is 13.3. The number of allylic oxidation sites excluding steroid dienone is 6. The molecule has 2 aliphatic carbocycles. The number of carbonyl (C=O) groups is 4. The summed E-state index contributed by atoms with van der Waals surface area (Å²) in [5, 5.41) is 0. The third-order valence-electron chi connectivity index (χ3n) is 5.78. The fourth-order valence-electron chi connectivity index (χ4n) is 4.36. The van der Waals surface area contributed by atoms with Crippen LogP contribution in [0.15, 0.2) is 53.6 Å². The van der Waals surface area contributed by atoms with Crippen molar-refractivity contribution < 1.29 is 33.4 Å². The van der Waals surface area contributed by atoms with Gasteiger partial charge in [0.05, 0.1) is 7.11 Å². The van der Waals surface area contributed by atoms with E-state index in [0.717, 1.165) is 0 Å². The van der Waals surface area contributed by atoms with Crippen LogP contribution in [-0.2, 0) is 28.7 Å². The summed E-state index contributed by atoms with van der Waals surface area (Å²) in [4.78, 5) is 50.9. The van der Waals surface area contributed by atoms with Crippen LogP contribution in [0, 0.1) is 0 Å². The first-order valence-corrected chi connectivity index (χ1v) is 12.7. The maximum Gasteiger partial charge on any atom is 0.331 e. The Labute approximate surface area is 224 Å². The molecule has 0 saturated carbocycles. The second-order valence-corrected chi connectivity index (χ2v) is 11.4. The van der Waals surface area contributed by atoms with Crippen LogP contribution in [0.2, 0.25) is 0 Å². The molecule has 202 valence electrons. The highest BCUT2D eigenvalue weighted by Gasteiger charge is 2.29. The highest BCUT2D eigenvalue weighted by atomic mass is 16.6. The maximum absolute atomic E-state index is 13.3. The fourth-order valence-corrected chi connectivity index (χ4v) is 4.36. The molecule has 0 spiro atoms. The van der Waals surface area contributed by atoms with Gasteiger partial charge in [-0.1, -0.05) is 35.4 Å². The second kappa shape index (κ2) is 11.3. The molecular formula is C31H36O7. The Kier molecular flexibility index (Phi) is 8.60. The van der Waals surface area contributed by atoms with Gasteiger partial charge in [-0.05, 0) is 66.0 Å². The molecule has 0 bridgehead atoms. The third kappa shape index (κ3) is 7.63. The molecule has 0 aliphatic heterocycles. The summed E-state index contributed by atoms with van der Waals surface area (Å²) in [6, 6.07) is 5.32. The summed E-state index contributed by atoms with van der Waals surface area (Å²) in [5.74, 6) is -0.817. The van der Waals surface area contributed by atoms with Crippen molar-refractivity contribution in [1.29, 1.82) is 0 Å². The van der Waals surface area contributed by atoms with Gasteiger partial charge < -0.3 is 14.2 Å². The zero-order valence-corrected chi connectivity index (χ0v) is 23.2. The normalized spacial score (nSPS) is 18.7. The van der Waals surface area contributed by atoms with Crippen molar-refractivity contribution in [3.05, 3.63) is 64.8 Å². The van der Waals surface area contributed by atoms with Gasteiger partial charge in [-0.25, -0.2) is 9.59 Å². The van der Waals surface area contributed by atoms with E-state index in [-0.39, 0.29) is 24.4 Å². The molecule has 7 nitrogen and oxygen atoms in total. The zero-order chi connectivity index (χ0) is 28.3. The van der Waals surface area contributed by atoms with E-state index in [2.05, 4.69) is 0 Å². The van der Waals surface area contributed by atoms with Crippen molar-refractivity contribution in [3.63, 3.8) is 0 Å². The third-order valence-corrected chi connectivity index (χ3v) is 5.78. The lowest BCUT2D eigenvalue weighted by molar-refractivity contribution is -0.149. The van der Waals surface area contributed by atoms with Gasteiger partial charge in [0.25, 0.3) is 0 Å². The molecule has 38 heavy (non-hydrogen) atoms. The molecule has 0 N–H and O–H groups in total. The van der Waals surface area contributed by atoms with Crippen LogP contribution in [0.25, 0.3) is 11.1 Å². The lowest BCUT2D eigenvalue weighted by atomic mass is 9.81. The van der Waals surface area contributed by atoms with E-state index in [9.17, 15) is 19.2 Å². The molecule has 2 aliphatic rings. The first-order chi connectivity index (χ1) is 17.7. The van der Waals surface area contributed by atoms with Crippen molar-refractivity contribution in [2.24, 2.45) is 0 Å². The van der Waals surface area contributed by atoms with E-state index in [4.69, 9.17) is 14.2 Å².